The molecule has 1 atom stereocenters. The maximum absolute atomic E-state index is 5.73. The molecule has 1 nitrogen and oxygen atoms in total. The molecule has 16 heavy (non-hydrogen) atoms. The highest BCUT2D eigenvalue weighted by Crippen LogP contribution is 2.22. The normalized spacial score (nSPS) is 12.9. The minimum Gasteiger partial charge on any atom is -0.374 e. The summed E-state index contributed by atoms with van der Waals surface area (Å²) in [6.45, 7) is 5.07. The lowest BCUT2D eigenvalue weighted by atomic mass is 10.0. The van der Waals surface area contributed by atoms with Gasteiger partial charge in [0.2, 0.25) is 0 Å². The van der Waals surface area contributed by atoms with E-state index in [0.717, 1.165) is 13.0 Å². The van der Waals surface area contributed by atoms with Gasteiger partial charge >= 0.3 is 0 Å². The smallest absolute Gasteiger partial charge is 0.0797 e. The summed E-state index contributed by atoms with van der Waals surface area (Å²) in [5.41, 5.74) is 1.26. The van der Waals surface area contributed by atoms with Gasteiger partial charge in [0.1, 0.15) is 0 Å². The second-order valence-corrected chi connectivity index (χ2v) is 4.12. The standard InChI is InChI=1S/C15H18O/c1-3-10-16-12(2)14-9-8-13-6-4-5-7-15(13)11-14/h4-9,11-12H,3,10H2,1-2H3. The second-order valence-electron chi connectivity index (χ2n) is 4.12. The van der Waals surface area contributed by atoms with Crippen molar-refractivity contribution in [3.8, 4) is 0 Å². The van der Waals surface area contributed by atoms with Crippen LogP contribution in [0.15, 0.2) is 42.5 Å². The van der Waals surface area contributed by atoms with Crippen LogP contribution in [0.4, 0.5) is 0 Å². The van der Waals surface area contributed by atoms with E-state index in [1.165, 1.54) is 16.3 Å². The van der Waals surface area contributed by atoms with Crippen LogP contribution in [0.25, 0.3) is 10.8 Å². The van der Waals surface area contributed by atoms with Crippen molar-refractivity contribution < 1.29 is 4.74 Å². The fourth-order valence-electron chi connectivity index (χ4n) is 1.85. The summed E-state index contributed by atoms with van der Waals surface area (Å²) in [4.78, 5) is 0. The molecule has 0 heterocycles. The van der Waals surface area contributed by atoms with Crippen molar-refractivity contribution in [3.05, 3.63) is 48.0 Å². The summed E-state index contributed by atoms with van der Waals surface area (Å²) in [6, 6.07) is 15.0. The largest absolute Gasteiger partial charge is 0.374 e. The van der Waals surface area contributed by atoms with Crippen molar-refractivity contribution in [2.75, 3.05) is 6.61 Å². The van der Waals surface area contributed by atoms with Crippen LogP contribution >= 0.6 is 0 Å². The highest BCUT2D eigenvalue weighted by atomic mass is 16.5. The molecule has 0 N–H and O–H groups in total. The van der Waals surface area contributed by atoms with Gasteiger partial charge < -0.3 is 4.74 Å². The van der Waals surface area contributed by atoms with E-state index in [1.54, 1.807) is 0 Å². The van der Waals surface area contributed by atoms with Gasteiger partial charge in [-0.3, -0.25) is 0 Å². The Morgan fingerprint density at radius 2 is 1.81 bits per heavy atom. The van der Waals surface area contributed by atoms with Crippen LogP contribution in [-0.4, -0.2) is 6.61 Å². The Hall–Kier alpha value is -1.34. The third-order valence-electron chi connectivity index (χ3n) is 2.81. The summed E-state index contributed by atoms with van der Waals surface area (Å²) in [5, 5.41) is 2.57. The van der Waals surface area contributed by atoms with Gasteiger partial charge in [-0.2, -0.15) is 0 Å². The van der Waals surface area contributed by atoms with Crippen molar-refractivity contribution in [1.82, 2.24) is 0 Å². The summed E-state index contributed by atoms with van der Waals surface area (Å²) in [6.07, 6.45) is 1.25. The molecule has 0 aliphatic rings. The number of rotatable bonds is 4. The maximum Gasteiger partial charge on any atom is 0.0797 e. The molecule has 1 unspecified atom stereocenters. The molecular weight excluding hydrogens is 196 g/mol. The lowest BCUT2D eigenvalue weighted by Gasteiger charge is -2.13. The van der Waals surface area contributed by atoms with E-state index in [0.29, 0.717) is 0 Å². The van der Waals surface area contributed by atoms with Crippen LogP contribution in [0.2, 0.25) is 0 Å². The first kappa shape index (κ1) is 11.2. The first-order valence-electron chi connectivity index (χ1n) is 5.91. The molecule has 0 aliphatic heterocycles. The molecule has 2 aromatic rings. The Kier molecular flexibility index (Phi) is 3.58. The molecule has 2 rings (SSSR count). The van der Waals surface area contributed by atoms with Crippen LogP contribution in [0.1, 0.15) is 31.9 Å². The summed E-state index contributed by atoms with van der Waals surface area (Å²) in [5.74, 6) is 0. The van der Waals surface area contributed by atoms with Gasteiger partial charge in [0.15, 0.2) is 0 Å². The van der Waals surface area contributed by atoms with Crippen molar-refractivity contribution >= 4 is 10.8 Å². The second kappa shape index (κ2) is 5.13. The molecule has 0 saturated heterocycles. The first-order chi connectivity index (χ1) is 7.81. The van der Waals surface area contributed by atoms with Crippen molar-refractivity contribution in [2.24, 2.45) is 0 Å². The van der Waals surface area contributed by atoms with Gasteiger partial charge in [-0.05, 0) is 35.7 Å². The Morgan fingerprint density at radius 1 is 1.06 bits per heavy atom. The molecule has 0 saturated carbocycles. The predicted octanol–water partition coefficient (Wildman–Crippen LogP) is 4.33. The van der Waals surface area contributed by atoms with E-state index >= 15 is 0 Å². The number of hydrogen-bond donors (Lipinski definition) is 0. The van der Waals surface area contributed by atoms with Gasteiger partial charge in [0.25, 0.3) is 0 Å². The third-order valence-corrected chi connectivity index (χ3v) is 2.81. The van der Waals surface area contributed by atoms with Crippen LogP contribution in [0.3, 0.4) is 0 Å². The molecule has 2 aromatic carbocycles. The van der Waals surface area contributed by atoms with E-state index < -0.39 is 0 Å². The molecule has 0 aromatic heterocycles. The molecule has 84 valence electrons. The fourth-order valence-corrected chi connectivity index (χ4v) is 1.85. The van der Waals surface area contributed by atoms with Gasteiger partial charge in [-0.25, -0.2) is 0 Å². The van der Waals surface area contributed by atoms with E-state index in [2.05, 4.69) is 56.3 Å². The van der Waals surface area contributed by atoms with E-state index in [4.69, 9.17) is 4.74 Å². The third kappa shape index (κ3) is 2.42. The molecule has 0 fully saturated rings. The number of fused-ring (bicyclic) bond motifs is 1. The fraction of sp³-hybridized carbons (Fsp3) is 0.333. The predicted molar refractivity (Wildman–Crippen MR) is 68.6 cm³/mol. The molecule has 1 heteroatoms. The van der Waals surface area contributed by atoms with Gasteiger partial charge in [-0.15, -0.1) is 0 Å². The average Bonchev–Trinajstić information content (AvgIpc) is 2.35. The van der Waals surface area contributed by atoms with Crippen molar-refractivity contribution in [2.45, 2.75) is 26.4 Å². The van der Waals surface area contributed by atoms with E-state index in [1.807, 2.05) is 0 Å². The molecule has 0 radical (unpaired) electrons. The topological polar surface area (TPSA) is 9.23 Å². The number of benzene rings is 2. The van der Waals surface area contributed by atoms with Gasteiger partial charge in [-0.1, -0.05) is 43.3 Å². The van der Waals surface area contributed by atoms with E-state index in [9.17, 15) is 0 Å². The zero-order valence-corrected chi connectivity index (χ0v) is 9.94. The summed E-state index contributed by atoms with van der Waals surface area (Å²) < 4.78 is 5.73. The highest BCUT2D eigenvalue weighted by Gasteiger charge is 2.05. The monoisotopic (exact) mass is 214 g/mol. The minimum absolute atomic E-state index is 0.185. The number of ether oxygens (including phenoxy) is 1. The quantitative estimate of drug-likeness (QED) is 0.736. The maximum atomic E-state index is 5.73. The van der Waals surface area contributed by atoms with Crippen LogP contribution in [0, 0.1) is 0 Å². The highest BCUT2D eigenvalue weighted by molar-refractivity contribution is 5.83. The molecule has 0 bridgehead atoms. The van der Waals surface area contributed by atoms with Gasteiger partial charge in [0, 0.05) is 6.61 Å². The Balaban J connectivity index is 2.25. The lowest BCUT2D eigenvalue weighted by Crippen LogP contribution is -2.00. The van der Waals surface area contributed by atoms with Crippen LogP contribution in [0.5, 0.6) is 0 Å². The first-order valence-corrected chi connectivity index (χ1v) is 5.91. The average molecular weight is 214 g/mol. The van der Waals surface area contributed by atoms with Crippen LogP contribution in [-0.2, 0) is 4.74 Å². The van der Waals surface area contributed by atoms with Crippen molar-refractivity contribution in [1.29, 1.82) is 0 Å². The van der Waals surface area contributed by atoms with Crippen molar-refractivity contribution in [3.63, 3.8) is 0 Å². The molecule has 0 amide bonds. The van der Waals surface area contributed by atoms with Crippen LogP contribution < -0.4 is 0 Å². The Morgan fingerprint density at radius 3 is 2.56 bits per heavy atom. The molecule has 0 aliphatic carbocycles. The molecule has 0 spiro atoms. The SMILES string of the molecule is CCCOC(C)c1ccc2ccccc2c1. The number of hydrogen-bond acceptors (Lipinski definition) is 1. The zero-order chi connectivity index (χ0) is 11.4. The minimum atomic E-state index is 0.185. The lowest BCUT2D eigenvalue weighted by molar-refractivity contribution is 0.0663. The zero-order valence-electron chi connectivity index (χ0n) is 9.94. The summed E-state index contributed by atoms with van der Waals surface area (Å²) >= 11 is 0. The Bertz CT molecular complexity index is 462. The summed E-state index contributed by atoms with van der Waals surface area (Å²) in [7, 11) is 0. The Labute approximate surface area is 97.1 Å². The van der Waals surface area contributed by atoms with Gasteiger partial charge in [0.05, 0.1) is 6.10 Å². The molecular formula is C15H18O. The van der Waals surface area contributed by atoms with E-state index in [-0.39, 0.29) is 6.10 Å².